The Balaban J connectivity index is 2.14. The summed E-state index contributed by atoms with van der Waals surface area (Å²) in [6.07, 6.45) is 5.99. The van der Waals surface area contributed by atoms with Crippen LogP contribution in [0.5, 0.6) is 0 Å². The molecule has 2 atom stereocenters. The van der Waals surface area contributed by atoms with Crippen LogP contribution in [0.4, 0.5) is 0 Å². The summed E-state index contributed by atoms with van der Waals surface area (Å²) in [5.74, 6) is 1.31. The Kier molecular flexibility index (Phi) is 4.29. The summed E-state index contributed by atoms with van der Waals surface area (Å²) < 4.78 is 2.11. The zero-order valence-electron chi connectivity index (χ0n) is 10.1. The second-order valence-corrected chi connectivity index (χ2v) is 5.59. The zero-order chi connectivity index (χ0) is 11.4. The van der Waals surface area contributed by atoms with Crippen LogP contribution in [0.15, 0.2) is 12.3 Å². The van der Waals surface area contributed by atoms with Crippen molar-refractivity contribution >= 4 is 11.8 Å². The molecular weight excluding hydrogens is 218 g/mol. The number of nitrogens with one attached hydrogen (secondary N) is 1. The Morgan fingerprint density at radius 2 is 2.50 bits per heavy atom. The van der Waals surface area contributed by atoms with E-state index in [1.165, 1.54) is 30.7 Å². The predicted molar refractivity (Wildman–Crippen MR) is 69.8 cm³/mol. The van der Waals surface area contributed by atoms with Gasteiger partial charge >= 0.3 is 0 Å². The second-order valence-electron chi connectivity index (χ2n) is 4.24. The lowest BCUT2D eigenvalue weighted by atomic mass is 10.0. The van der Waals surface area contributed by atoms with Gasteiger partial charge in [-0.25, -0.2) is 0 Å². The van der Waals surface area contributed by atoms with Crippen LogP contribution in [-0.2, 0) is 6.54 Å². The lowest BCUT2D eigenvalue weighted by molar-refractivity contribution is 0.472. The largest absolute Gasteiger partial charge is 0.311 e. The average molecular weight is 239 g/mol. The molecule has 1 aliphatic heterocycles. The molecule has 90 valence electrons. The number of hydrogen-bond acceptors (Lipinski definition) is 3. The maximum atomic E-state index is 4.37. The minimum absolute atomic E-state index is 0.452. The van der Waals surface area contributed by atoms with Crippen molar-refractivity contribution in [1.82, 2.24) is 15.1 Å². The van der Waals surface area contributed by atoms with E-state index in [1.807, 2.05) is 6.20 Å². The van der Waals surface area contributed by atoms with Crippen molar-refractivity contribution in [1.29, 1.82) is 0 Å². The highest BCUT2D eigenvalue weighted by Crippen LogP contribution is 2.34. The second kappa shape index (κ2) is 5.73. The molecule has 1 aromatic rings. The molecule has 1 N–H and O–H groups in total. The molecule has 0 saturated carbocycles. The summed E-state index contributed by atoms with van der Waals surface area (Å²) in [6.45, 7) is 3.11. The molecule has 1 aromatic heterocycles. The number of nitrogens with zero attached hydrogens (tertiary/aromatic N) is 2. The standard InChI is InChI=1S/C12H21N3S/c1-3-15-10(7-8-14-15)12(13-2)11-6-4-5-9-16-11/h7-8,11-13H,3-6,9H2,1-2H3. The minimum atomic E-state index is 0.452. The first kappa shape index (κ1) is 12.0. The summed E-state index contributed by atoms with van der Waals surface area (Å²) in [5.41, 5.74) is 1.34. The molecule has 1 fully saturated rings. The van der Waals surface area contributed by atoms with Crippen molar-refractivity contribution in [2.75, 3.05) is 12.8 Å². The molecule has 16 heavy (non-hydrogen) atoms. The lowest BCUT2D eigenvalue weighted by Gasteiger charge is -2.29. The summed E-state index contributed by atoms with van der Waals surface area (Å²) in [6, 6.07) is 2.60. The van der Waals surface area contributed by atoms with Crippen molar-refractivity contribution in [3.63, 3.8) is 0 Å². The molecule has 2 heterocycles. The van der Waals surface area contributed by atoms with E-state index in [1.54, 1.807) is 0 Å². The fourth-order valence-corrected chi connectivity index (χ4v) is 3.90. The molecule has 3 nitrogen and oxygen atoms in total. The van der Waals surface area contributed by atoms with Crippen LogP contribution in [0.1, 0.15) is 37.9 Å². The van der Waals surface area contributed by atoms with Gasteiger partial charge in [-0.1, -0.05) is 6.42 Å². The van der Waals surface area contributed by atoms with Gasteiger partial charge in [-0.15, -0.1) is 0 Å². The van der Waals surface area contributed by atoms with E-state index in [4.69, 9.17) is 0 Å². The first-order valence-corrected chi connectivity index (χ1v) is 7.22. The molecule has 1 saturated heterocycles. The number of hydrogen-bond donors (Lipinski definition) is 1. The van der Waals surface area contributed by atoms with Gasteiger partial charge in [0.1, 0.15) is 0 Å². The van der Waals surface area contributed by atoms with Crippen LogP contribution in [0.2, 0.25) is 0 Å². The van der Waals surface area contributed by atoms with E-state index in [0.29, 0.717) is 11.3 Å². The van der Waals surface area contributed by atoms with Gasteiger partial charge in [-0.05, 0) is 38.6 Å². The van der Waals surface area contributed by atoms with Crippen LogP contribution in [0.3, 0.4) is 0 Å². The van der Waals surface area contributed by atoms with Gasteiger partial charge in [0.05, 0.1) is 11.7 Å². The molecule has 0 aliphatic carbocycles. The van der Waals surface area contributed by atoms with E-state index in [-0.39, 0.29) is 0 Å². The van der Waals surface area contributed by atoms with Crippen molar-refractivity contribution in [2.24, 2.45) is 0 Å². The van der Waals surface area contributed by atoms with Gasteiger partial charge in [0.2, 0.25) is 0 Å². The summed E-state index contributed by atoms with van der Waals surface area (Å²) in [4.78, 5) is 0. The smallest absolute Gasteiger partial charge is 0.0610 e. The van der Waals surface area contributed by atoms with Crippen LogP contribution in [0.25, 0.3) is 0 Å². The number of thioether (sulfide) groups is 1. The highest BCUT2D eigenvalue weighted by atomic mass is 32.2. The highest BCUT2D eigenvalue weighted by molar-refractivity contribution is 8.00. The van der Waals surface area contributed by atoms with E-state index in [0.717, 1.165) is 6.54 Å². The first-order valence-electron chi connectivity index (χ1n) is 6.17. The molecule has 0 aromatic carbocycles. The van der Waals surface area contributed by atoms with Crippen LogP contribution >= 0.6 is 11.8 Å². The first-order chi connectivity index (χ1) is 7.86. The fourth-order valence-electron chi connectivity index (χ4n) is 2.42. The molecule has 1 aliphatic rings. The van der Waals surface area contributed by atoms with E-state index >= 15 is 0 Å². The molecule has 2 rings (SSSR count). The van der Waals surface area contributed by atoms with E-state index < -0.39 is 0 Å². The molecule has 4 heteroatoms. The third-order valence-corrected chi connectivity index (χ3v) is 4.73. The average Bonchev–Trinajstić information content (AvgIpc) is 2.80. The Morgan fingerprint density at radius 1 is 1.62 bits per heavy atom. The highest BCUT2D eigenvalue weighted by Gasteiger charge is 2.26. The van der Waals surface area contributed by atoms with Crippen LogP contribution in [0, 0.1) is 0 Å². The van der Waals surface area contributed by atoms with Gasteiger partial charge in [0.15, 0.2) is 0 Å². The summed E-state index contributed by atoms with van der Waals surface area (Å²) in [7, 11) is 2.06. The van der Waals surface area contributed by atoms with E-state index in [2.05, 4.69) is 46.9 Å². The third-order valence-electron chi connectivity index (χ3n) is 3.27. The molecular formula is C12H21N3S. The molecule has 2 unspecified atom stereocenters. The van der Waals surface area contributed by atoms with Crippen LogP contribution < -0.4 is 5.32 Å². The molecule has 0 bridgehead atoms. The number of rotatable bonds is 4. The molecule has 0 amide bonds. The minimum Gasteiger partial charge on any atom is -0.311 e. The predicted octanol–water partition coefficient (Wildman–Crippen LogP) is 2.45. The monoisotopic (exact) mass is 239 g/mol. The van der Waals surface area contributed by atoms with Gasteiger partial charge < -0.3 is 5.32 Å². The quantitative estimate of drug-likeness (QED) is 0.875. The fraction of sp³-hybridized carbons (Fsp3) is 0.750. The molecule has 0 spiro atoms. The maximum absolute atomic E-state index is 4.37. The Morgan fingerprint density at radius 3 is 3.12 bits per heavy atom. The maximum Gasteiger partial charge on any atom is 0.0610 e. The van der Waals surface area contributed by atoms with Gasteiger partial charge in [-0.2, -0.15) is 16.9 Å². The van der Waals surface area contributed by atoms with Gasteiger partial charge in [0, 0.05) is 18.0 Å². The Hall–Kier alpha value is -0.480. The summed E-state index contributed by atoms with van der Waals surface area (Å²) >= 11 is 2.11. The Labute approximate surface area is 102 Å². The van der Waals surface area contributed by atoms with Crippen LogP contribution in [-0.4, -0.2) is 27.8 Å². The third kappa shape index (κ3) is 2.43. The van der Waals surface area contributed by atoms with Crippen molar-refractivity contribution in [2.45, 2.75) is 44.0 Å². The van der Waals surface area contributed by atoms with Crippen molar-refractivity contribution in [3.05, 3.63) is 18.0 Å². The van der Waals surface area contributed by atoms with E-state index in [9.17, 15) is 0 Å². The summed E-state index contributed by atoms with van der Waals surface area (Å²) in [5, 5.41) is 8.54. The number of aryl methyl sites for hydroxylation is 1. The Bertz CT molecular complexity index is 318. The lowest BCUT2D eigenvalue weighted by Crippen LogP contribution is -2.31. The SMILES string of the molecule is CCn1nccc1C(NC)C1CCCCS1. The number of aromatic nitrogens is 2. The van der Waals surface area contributed by atoms with Crippen molar-refractivity contribution in [3.8, 4) is 0 Å². The van der Waals surface area contributed by atoms with Gasteiger partial charge in [-0.3, -0.25) is 4.68 Å². The zero-order valence-corrected chi connectivity index (χ0v) is 11.0. The van der Waals surface area contributed by atoms with Gasteiger partial charge in [0.25, 0.3) is 0 Å². The topological polar surface area (TPSA) is 29.9 Å². The van der Waals surface area contributed by atoms with Crippen molar-refractivity contribution < 1.29 is 0 Å². The normalized spacial score (nSPS) is 23.2. The molecule has 0 radical (unpaired) electrons.